The summed E-state index contributed by atoms with van der Waals surface area (Å²) < 4.78 is 15.5. The van der Waals surface area contributed by atoms with E-state index in [1.54, 1.807) is 21.0 Å². The number of carbonyl (C=O) groups excluding carboxylic acids is 1. The van der Waals surface area contributed by atoms with E-state index in [1.165, 1.54) is 0 Å². The summed E-state index contributed by atoms with van der Waals surface area (Å²) in [6.45, 7) is 7.37. The number of hydrogen-bond acceptors (Lipinski definition) is 5. The molecule has 0 fully saturated rings. The Kier molecular flexibility index (Phi) is 3.70. The summed E-state index contributed by atoms with van der Waals surface area (Å²) in [5.74, 6) is 0.0168. The van der Waals surface area contributed by atoms with Crippen molar-refractivity contribution in [3.05, 3.63) is 17.3 Å². The van der Waals surface area contributed by atoms with Crippen molar-refractivity contribution in [3.63, 3.8) is 0 Å². The van der Waals surface area contributed by atoms with Crippen molar-refractivity contribution in [2.45, 2.75) is 33.3 Å². The minimum atomic E-state index is -0.657. The van der Waals surface area contributed by atoms with Crippen LogP contribution < -0.4 is 0 Å². The molecule has 1 heterocycles. The minimum Gasteiger partial charge on any atom is -0.460 e. The average Bonchev–Trinajstić information content (AvgIpc) is 2.61. The number of oxazole rings is 1. The molecule has 5 heteroatoms. The van der Waals surface area contributed by atoms with Crippen molar-refractivity contribution >= 4 is 5.97 Å². The number of aryl methyl sites for hydroxylation is 1. The maximum absolute atomic E-state index is 11.5. The summed E-state index contributed by atoms with van der Waals surface area (Å²) in [7, 11) is 1.56. The third-order valence-electron chi connectivity index (χ3n) is 2.28. The Morgan fingerprint density at radius 3 is 2.62 bits per heavy atom. The summed E-state index contributed by atoms with van der Waals surface area (Å²) in [4.78, 5) is 15.7. The first kappa shape index (κ1) is 12.7. The van der Waals surface area contributed by atoms with Crippen LogP contribution >= 0.6 is 0 Å². The molecule has 0 amide bonds. The zero-order valence-corrected chi connectivity index (χ0v) is 10.3. The van der Waals surface area contributed by atoms with Gasteiger partial charge in [-0.1, -0.05) is 0 Å². The van der Waals surface area contributed by atoms with Gasteiger partial charge in [-0.25, -0.2) is 9.78 Å². The van der Waals surface area contributed by atoms with Crippen molar-refractivity contribution in [2.75, 3.05) is 13.7 Å². The van der Waals surface area contributed by atoms with E-state index in [1.807, 2.05) is 13.8 Å². The van der Waals surface area contributed by atoms with E-state index in [4.69, 9.17) is 13.9 Å². The minimum absolute atomic E-state index is 0.141. The van der Waals surface area contributed by atoms with Gasteiger partial charge in [-0.05, 0) is 27.7 Å². The van der Waals surface area contributed by atoms with Gasteiger partial charge in [-0.15, -0.1) is 0 Å². The molecular weight excluding hydrogens is 210 g/mol. The first-order valence-corrected chi connectivity index (χ1v) is 5.12. The molecular formula is C11H17NO4. The van der Waals surface area contributed by atoms with Crippen LogP contribution in [0, 0.1) is 6.92 Å². The van der Waals surface area contributed by atoms with E-state index in [0.29, 0.717) is 18.2 Å². The molecule has 1 aromatic rings. The zero-order chi connectivity index (χ0) is 12.3. The van der Waals surface area contributed by atoms with Crippen LogP contribution in [-0.4, -0.2) is 24.7 Å². The number of nitrogens with zero attached hydrogens (tertiary/aromatic N) is 1. The Hall–Kier alpha value is -1.36. The lowest BCUT2D eigenvalue weighted by atomic mass is 10.1. The van der Waals surface area contributed by atoms with Crippen molar-refractivity contribution in [3.8, 4) is 0 Å². The highest BCUT2D eigenvalue weighted by molar-refractivity contribution is 5.87. The highest BCUT2D eigenvalue weighted by atomic mass is 16.5. The van der Waals surface area contributed by atoms with Gasteiger partial charge in [0.1, 0.15) is 5.60 Å². The van der Waals surface area contributed by atoms with Crippen LogP contribution in [0.25, 0.3) is 0 Å². The molecule has 0 aliphatic heterocycles. The van der Waals surface area contributed by atoms with E-state index in [2.05, 4.69) is 4.98 Å². The fourth-order valence-corrected chi connectivity index (χ4v) is 1.13. The molecule has 0 atom stereocenters. The summed E-state index contributed by atoms with van der Waals surface area (Å²) in [6.07, 6.45) is 0. The van der Waals surface area contributed by atoms with Crippen LogP contribution in [-0.2, 0) is 15.1 Å². The number of aromatic nitrogens is 1. The largest absolute Gasteiger partial charge is 0.460 e. The van der Waals surface area contributed by atoms with Gasteiger partial charge in [0, 0.05) is 7.11 Å². The Morgan fingerprint density at radius 1 is 1.50 bits per heavy atom. The fraction of sp³-hybridized carbons (Fsp3) is 0.636. The van der Waals surface area contributed by atoms with E-state index in [9.17, 15) is 4.79 Å². The second kappa shape index (κ2) is 4.65. The smallest absolute Gasteiger partial charge is 0.376 e. The third kappa shape index (κ3) is 2.41. The van der Waals surface area contributed by atoms with Crippen LogP contribution in [0.3, 0.4) is 0 Å². The number of ether oxygens (including phenoxy) is 2. The highest BCUT2D eigenvalue weighted by Gasteiger charge is 2.29. The lowest BCUT2D eigenvalue weighted by molar-refractivity contribution is -0.00513. The SMILES string of the molecule is CCOC(=O)c1oc(C(C)(C)OC)nc1C. The van der Waals surface area contributed by atoms with E-state index in [0.717, 1.165) is 0 Å². The molecule has 5 nitrogen and oxygen atoms in total. The van der Waals surface area contributed by atoms with Crippen LogP contribution in [0.5, 0.6) is 0 Å². The Bertz CT molecular complexity index is 381. The number of carbonyl (C=O) groups is 1. The molecule has 0 saturated heterocycles. The van der Waals surface area contributed by atoms with Gasteiger partial charge in [0.05, 0.1) is 12.3 Å². The molecule has 16 heavy (non-hydrogen) atoms. The number of methoxy groups -OCH3 is 1. The van der Waals surface area contributed by atoms with Gasteiger partial charge in [0.25, 0.3) is 0 Å². The van der Waals surface area contributed by atoms with Crippen LogP contribution in [0.2, 0.25) is 0 Å². The Labute approximate surface area is 94.8 Å². The first-order valence-electron chi connectivity index (χ1n) is 5.12. The molecule has 0 spiro atoms. The maximum atomic E-state index is 11.5. The summed E-state index contributed by atoms with van der Waals surface area (Å²) in [5, 5.41) is 0. The predicted octanol–water partition coefficient (Wildman–Crippen LogP) is 2.04. The molecule has 0 N–H and O–H groups in total. The molecule has 0 radical (unpaired) electrons. The number of rotatable bonds is 4. The average molecular weight is 227 g/mol. The number of hydrogen-bond donors (Lipinski definition) is 0. The number of esters is 1. The quantitative estimate of drug-likeness (QED) is 0.736. The molecule has 1 rings (SSSR count). The molecule has 0 aliphatic carbocycles. The normalized spacial score (nSPS) is 11.6. The van der Waals surface area contributed by atoms with Crippen molar-refractivity contribution in [2.24, 2.45) is 0 Å². The molecule has 0 aromatic carbocycles. The van der Waals surface area contributed by atoms with Gasteiger partial charge in [0.15, 0.2) is 0 Å². The Balaban J connectivity index is 3.03. The molecule has 0 aliphatic rings. The van der Waals surface area contributed by atoms with Crippen LogP contribution in [0.15, 0.2) is 4.42 Å². The first-order chi connectivity index (χ1) is 7.42. The van der Waals surface area contributed by atoms with Crippen molar-refractivity contribution < 1.29 is 18.7 Å². The van der Waals surface area contributed by atoms with E-state index < -0.39 is 11.6 Å². The monoisotopic (exact) mass is 227 g/mol. The van der Waals surface area contributed by atoms with Crippen LogP contribution in [0.1, 0.15) is 42.9 Å². The Morgan fingerprint density at radius 2 is 2.12 bits per heavy atom. The zero-order valence-electron chi connectivity index (χ0n) is 10.3. The van der Waals surface area contributed by atoms with E-state index >= 15 is 0 Å². The second-order valence-electron chi connectivity index (χ2n) is 3.87. The molecule has 0 saturated carbocycles. The summed E-state index contributed by atoms with van der Waals surface area (Å²) in [6, 6.07) is 0. The van der Waals surface area contributed by atoms with Gasteiger partial charge in [-0.3, -0.25) is 0 Å². The van der Waals surface area contributed by atoms with Crippen molar-refractivity contribution in [1.82, 2.24) is 4.98 Å². The van der Waals surface area contributed by atoms with Gasteiger partial charge < -0.3 is 13.9 Å². The van der Waals surface area contributed by atoms with Gasteiger partial charge >= 0.3 is 5.97 Å². The van der Waals surface area contributed by atoms with Gasteiger partial charge in [-0.2, -0.15) is 0 Å². The molecule has 0 unspecified atom stereocenters. The standard InChI is InChI=1S/C11H17NO4/c1-6-15-9(13)8-7(2)12-10(16-8)11(3,4)14-5/h6H2,1-5H3. The predicted molar refractivity (Wildman–Crippen MR) is 57.2 cm³/mol. The summed E-state index contributed by atoms with van der Waals surface area (Å²) >= 11 is 0. The van der Waals surface area contributed by atoms with Crippen molar-refractivity contribution in [1.29, 1.82) is 0 Å². The third-order valence-corrected chi connectivity index (χ3v) is 2.28. The lowest BCUT2D eigenvalue weighted by Gasteiger charge is -2.17. The van der Waals surface area contributed by atoms with Crippen LogP contribution in [0.4, 0.5) is 0 Å². The molecule has 90 valence electrons. The van der Waals surface area contributed by atoms with Gasteiger partial charge in [0.2, 0.25) is 11.7 Å². The second-order valence-corrected chi connectivity index (χ2v) is 3.87. The molecule has 1 aromatic heterocycles. The maximum Gasteiger partial charge on any atom is 0.376 e. The highest BCUT2D eigenvalue weighted by Crippen LogP contribution is 2.25. The lowest BCUT2D eigenvalue weighted by Crippen LogP contribution is -2.19. The molecule has 0 bridgehead atoms. The van der Waals surface area contributed by atoms with E-state index in [-0.39, 0.29) is 5.76 Å². The topological polar surface area (TPSA) is 61.6 Å². The fourth-order valence-electron chi connectivity index (χ4n) is 1.13. The summed E-state index contributed by atoms with van der Waals surface area (Å²) in [5.41, 5.74) is -0.145.